The Morgan fingerprint density at radius 2 is 2.31 bits per heavy atom. The van der Waals surface area contributed by atoms with Gasteiger partial charge in [-0.15, -0.1) is 10.2 Å². The summed E-state index contributed by atoms with van der Waals surface area (Å²) in [4.78, 5) is 10.4. The quantitative estimate of drug-likeness (QED) is 0.744. The van der Waals surface area contributed by atoms with E-state index in [9.17, 15) is 4.79 Å². The first-order valence-electron chi connectivity index (χ1n) is 5.34. The second-order valence-corrected chi connectivity index (χ2v) is 3.83. The smallest absolute Gasteiger partial charge is 0.332 e. The van der Waals surface area contributed by atoms with E-state index in [1.54, 1.807) is 10.9 Å². The van der Waals surface area contributed by atoms with Crippen LogP contribution in [0.1, 0.15) is 38.4 Å². The maximum absolute atomic E-state index is 10.4. The molecule has 1 aromatic heterocycles. The molecule has 0 aliphatic carbocycles. The van der Waals surface area contributed by atoms with Gasteiger partial charge in [0.05, 0.1) is 0 Å². The lowest BCUT2D eigenvalue weighted by Gasteiger charge is -2.11. The van der Waals surface area contributed by atoms with Gasteiger partial charge >= 0.3 is 5.97 Å². The summed E-state index contributed by atoms with van der Waals surface area (Å²) in [6, 6.07) is 0. The number of hydrogen-bond acceptors (Lipinski definition) is 4. The van der Waals surface area contributed by atoms with E-state index in [2.05, 4.69) is 17.1 Å². The third-order valence-corrected chi connectivity index (χ3v) is 2.63. The van der Waals surface area contributed by atoms with E-state index in [1.165, 1.54) is 0 Å². The Morgan fingerprint density at radius 3 is 2.88 bits per heavy atom. The molecule has 0 saturated heterocycles. The lowest BCUT2D eigenvalue weighted by molar-refractivity contribution is -0.147. The highest BCUT2D eigenvalue weighted by atomic mass is 16.4. The minimum atomic E-state index is -1.33. The van der Waals surface area contributed by atoms with E-state index >= 15 is 0 Å². The number of carboxylic acids is 1. The summed E-state index contributed by atoms with van der Waals surface area (Å²) < 4.78 is 1.79. The SMILES string of the molecule is CCC(C)c1nncn1CCC(O)C(=O)O. The van der Waals surface area contributed by atoms with Crippen molar-refractivity contribution in [2.24, 2.45) is 0 Å². The number of carboxylic acid groups (broad SMARTS) is 1. The van der Waals surface area contributed by atoms with E-state index in [-0.39, 0.29) is 12.3 Å². The fourth-order valence-corrected chi connectivity index (χ4v) is 1.39. The number of aliphatic carboxylic acids is 1. The van der Waals surface area contributed by atoms with Crippen LogP contribution in [0.4, 0.5) is 0 Å². The van der Waals surface area contributed by atoms with Gasteiger partial charge in [0.25, 0.3) is 0 Å². The van der Waals surface area contributed by atoms with Gasteiger partial charge in [-0.3, -0.25) is 0 Å². The summed E-state index contributed by atoms with van der Waals surface area (Å²) in [5.41, 5.74) is 0. The first kappa shape index (κ1) is 12.6. The Bertz CT molecular complexity index is 351. The topological polar surface area (TPSA) is 88.2 Å². The van der Waals surface area contributed by atoms with Crippen LogP contribution in [-0.4, -0.2) is 37.1 Å². The van der Waals surface area contributed by atoms with Crippen molar-refractivity contribution in [3.05, 3.63) is 12.2 Å². The van der Waals surface area contributed by atoms with Crippen LogP contribution >= 0.6 is 0 Å². The number of aliphatic hydroxyl groups excluding tert-OH is 1. The average Bonchev–Trinajstić information content (AvgIpc) is 2.72. The zero-order chi connectivity index (χ0) is 12.1. The van der Waals surface area contributed by atoms with Gasteiger partial charge in [0, 0.05) is 18.9 Å². The van der Waals surface area contributed by atoms with Gasteiger partial charge in [-0.1, -0.05) is 13.8 Å². The predicted octanol–water partition coefficient (Wildman–Crippen LogP) is 0.627. The molecule has 0 bridgehead atoms. The maximum Gasteiger partial charge on any atom is 0.332 e. The number of aliphatic hydroxyl groups is 1. The fourth-order valence-electron chi connectivity index (χ4n) is 1.39. The number of nitrogens with zero attached hydrogens (tertiary/aromatic N) is 3. The highest BCUT2D eigenvalue weighted by molar-refractivity contribution is 5.71. The first-order chi connectivity index (χ1) is 7.56. The Labute approximate surface area is 93.9 Å². The van der Waals surface area contributed by atoms with Crippen molar-refractivity contribution in [1.29, 1.82) is 0 Å². The van der Waals surface area contributed by atoms with Crippen LogP contribution in [0.2, 0.25) is 0 Å². The summed E-state index contributed by atoms with van der Waals surface area (Å²) in [6.45, 7) is 4.50. The minimum Gasteiger partial charge on any atom is -0.479 e. The van der Waals surface area contributed by atoms with Crippen molar-refractivity contribution in [3.63, 3.8) is 0 Å². The molecule has 2 atom stereocenters. The standard InChI is InChI=1S/C10H17N3O3/c1-3-7(2)9-12-11-6-13(9)5-4-8(14)10(15)16/h6-8,14H,3-5H2,1-2H3,(H,15,16). The van der Waals surface area contributed by atoms with Crippen molar-refractivity contribution in [2.45, 2.75) is 45.3 Å². The highest BCUT2D eigenvalue weighted by Crippen LogP contribution is 2.15. The Hall–Kier alpha value is -1.43. The molecule has 2 unspecified atom stereocenters. The van der Waals surface area contributed by atoms with Gasteiger partial charge < -0.3 is 14.8 Å². The largest absolute Gasteiger partial charge is 0.479 e. The number of rotatable bonds is 6. The molecule has 6 nitrogen and oxygen atoms in total. The second-order valence-electron chi connectivity index (χ2n) is 3.83. The van der Waals surface area contributed by atoms with Crippen molar-refractivity contribution in [3.8, 4) is 0 Å². The minimum absolute atomic E-state index is 0.163. The molecule has 0 aromatic carbocycles. The highest BCUT2D eigenvalue weighted by Gasteiger charge is 2.15. The third-order valence-electron chi connectivity index (χ3n) is 2.63. The molecule has 6 heteroatoms. The molecule has 0 aliphatic heterocycles. The molecule has 0 spiro atoms. The van der Waals surface area contributed by atoms with E-state index in [4.69, 9.17) is 10.2 Å². The van der Waals surface area contributed by atoms with Crippen molar-refractivity contribution in [2.75, 3.05) is 0 Å². The summed E-state index contributed by atoms with van der Waals surface area (Å²) in [5.74, 6) is -0.0808. The lowest BCUT2D eigenvalue weighted by atomic mass is 10.1. The van der Waals surface area contributed by atoms with Crippen molar-refractivity contribution in [1.82, 2.24) is 14.8 Å². The molecule has 2 N–H and O–H groups in total. The van der Waals surface area contributed by atoms with Gasteiger partial charge in [0.15, 0.2) is 6.10 Å². The van der Waals surface area contributed by atoms with E-state index in [1.807, 2.05) is 6.92 Å². The summed E-state index contributed by atoms with van der Waals surface area (Å²) in [6.07, 6.45) is 1.35. The third kappa shape index (κ3) is 3.03. The molecule has 1 aromatic rings. The van der Waals surface area contributed by atoms with Crippen LogP contribution in [0.5, 0.6) is 0 Å². The summed E-state index contributed by atoms with van der Waals surface area (Å²) >= 11 is 0. The van der Waals surface area contributed by atoms with Gasteiger partial charge in [0.1, 0.15) is 12.2 Å². The van der Waals surface area contributed by atoms with Crippen LogP contribution in [0.25, 0.3) is 0 Å². The van der Waals surface area contributed by atoms with Crippen molar-refractivity contribution < 1.29 is 15.0 Å². The van der Waals surface area contributed by atoms with Crippen LogP contribution in [0.3, 0.4) is 0 Å². The monoisotopic (exact) mass is 227 g/mol. The number of aryl methyl sites for hydroxylation is 1. The van der Waals surface area contributed by atoms with Crippen LogP contribution < -0.4 is 0 Å². The maximum atomic E-state index is 10.4. The molecule has 90 valence electrons. The predicted molar refractivity (Wildman–Crippen MR) is 57.0 cm³/mol. The lowest BCUT2D eigenvalue weighted by Crippen LogP contribution is -2.21. The zero-order valence-corrected chi connectivity index (χ0v) is 9.50. The molecule has 0 saturated carbocycles. The average molecular weight is 227 g/mol. The molecule has 16 heavy (non-hydrogen) atoms. The first-order valence-corrected chi connectivity index (χ1v) is 5.34. The van der Waals surface area contributed by atoms with Gasteiger partial charge in [-0.2, -0.15) is 0 Å². The number of hydrogen-bond donors (Lipinski definition) is 2. The molecule has 0 radical (unpaired) electrons. The Kier molecular flexibility index (Phi) is 4.42. The van der Waals surface area contributed by atoms with Gasteiger partial charge in [0.2, 0.25) is 0 Å². The van der Waals surface area contributed by atoms with E-state index in [0.29, 0.717) is 6.54 Å². The Morgan fingerprint density at radius 1 is 1.62 bits per heavy atom. The summed E-state index contributed by atoms with van der Waals surface area (Å²) in [5, 5.41) is 25.5. The molecule has 1 heterocycles. The van der Waals surface area contributed by atoms with E-state index < -0.39 is 12.1 Å². The molecular weight excluding hydrogens is 210 g/mol. The molecular formula is C10H17N3O3. The fraction of sp³-hybridized carbons (Fsp3) is 0.700. The summed E-state index contributed by atoms with van der Waals surface area (Å²) in [7, 11) is 0. The normalized spacial score (nSPS) is 14.7. The molecule has 1 rings (SSSR count). The number of carbonyl (C=O) groups is 1. The Balaban J connectivity index is 2.60. The molecule has 0 fully saturated rings. The second kappa shape index (κ2) is 5.60. The molecule has 0 amide bonds. The van der Waals surface area contributed by atoms with E-state index in [0.717, 1.165) is 12.2 Å². The molecule has 0 aliphatic rings. The zero-order valence-electron chi connectivity index (χ0n) is 9.50. The van der Waals surface area contributed by atoms with Gasteiger partial charge in [-0.25, -0.2) is 4.79 Å². The van der Waals surface area contributed by atoms with Crippen LogP contribution in [0, 0.1) is 0 Å². The van der Waals surface area contributed by atoms with Crippen LogP contribution in [-0.2, 0) is 11.3 Å². The van der Waals surface area contributed by atoms with Gasteiger partial charge in [-0.05, 0) is 6.42 Å². The van der Waals surface area contributed by atoms with Crippen LogP contribution in [0.15, 0.2) is 6.33 Å². The van der Waals surface area contributed by atoms with Crippen molar-refractivity contribution >= 4 is 5.97 Å². The number of aromatic nitrogens is 3.